The number of rotatable bonds is 6. The molecule has 94 valence electrons. The molecule has 16 heavy (non-hydrogen) atoms. The van der Waals surface area contributed by atoms with Crippen LogP contribution in [0.15, 0.2) is 0 Å². The van der Waals surface area contributed by atoms with E-state index in [-0.39, 0.29) is 0 Å². The summed E-state index contributed by atoms with van der Waals surface area (Å²) < 4.78 is 5.12. The van der Waals surface area contributed by atoms with Gasteiger partial charge >= 0.3 is 5.97 Å². The van der Waals surface area contributed by atoms with Crippen LogP contribution in [0.1, 0.15) is 19.3 Å². The van der Waals surface area contributed by atoms with Crippen molar-refractivity contribution in [3.05, 3.63) is 0 Å². The first-order valence-corrected chi connectivity index (χ1v) is 5.85. The maximum atomic E-state index is 11.1. The molecular formula is C11H22N2O3. The number of piperidine rings is 1. The number of likely N-dealkylation sites (tertiary alicyclic amines) is 1. The van der Waals surface area contributed by atoms with Crippen LogP contribution in [0, 0.1) is 5.92 Å². The molecule has 1 unspecified atom stereocenters. The fourth-order valence-corrected chi connectivity index (χ4v) is 2.29. The third-order valence-electron chi connectivity index (χ3n) is 3.22. The molecule has 0 aliphatic carbocycles. The van der Waals surface area contributed by atoms with E-state index in [1.165, 1.54) is 0 Å². The van der Waals surface area contributed by atoms with E-state index in [0.717, 1.165) is 32.5 Å². The Balaban J connectivity index is 2.41. The Morgan fingerprint density at radius 1 is 1.56 bits per heavy atom. The molecule has 1 fully saturated rings. The Bertz CT molecular complexity index is 215. The number of nitrogens with zero attached hydrogens (tertiary/aromatic N) is 1. The fourth-order valence-electron chi connectivity index (χ4n) is 2.29. The van der Waals surface area contributed by atoms with Gasteiger partial charge in [0.15, 0.2) is 0 Å². The highest BCUT2D eigenvalue weighted by molar-refractivity contribution is 5.73. The second kappa shape index (κ2) is 6.83. The van der Waals surface area contributed by atoms with Gasteiger partial charge in [-0.15, -0.1) is 0 Å². The van der Waals surface area contributed by atoms with Gasteiger partial charge in [0, 0.05) is 13.7 Å². The van der Waals surface area contributed by atoms with Crippen LogP contribution in [0.25, 0.3) is 0 Å². The molecule has 1 saturated heterocycles. The van der Waals surface area contributed by atoms with Gasteiger partial charge in [0.25, 0.3) is 0 Å². The average Bonchev–Trinajstić information content (AvgIpc) is 2.27. The molecule has 1 aliphatic rings. The topological polar surface area (TPSA) is 75.8 Å². The second-order valence-corrected chi connectivity index (χ2v) is 4.37. The summed E-state index contributed by atoms with van der Waals surface area (Å²) in [6, 6.07) is -0.409. The minimum Gasteiger partial charge on any atom is -0.480 e. The van der Waals surface area contributed by atoms with Crippen molar-refractivity contribution in [3.63, 3.8) is 0 Å². The first-order valence-electron chi connectivity index (χ1n) is 5.85. The summed E-state index contributed by atoms with van der Waals surface area (Å²) in [4.78, 5) is 13.1. The van der Waals surface area contributed by atoms with Crippen molar-refractivity contribution in [1.82, 2.24) is 4.90 Å². The quantitative estimate of drug-likeness (QED) is 0.679. The first-order chi connectivity index (χ1) is 7.69. The third kappa shape index (κ3) is 3.73. The van der Waals surface area contributed by atoms with Crippen LogP contribution in [-0.4, -0.2) is 55.4 Å². The maximum Gasteiger partial charge on any atom is 0.320 e. The van der Waals surface area contributed by atoms with E-state index in [1.807, 2.05) is 4.90 Å². The highest BCUT2D eigenvalue weighted by Crippen LogP contribution is 2.20. The lowest BCUT2D eigenvalue weighted by molar-refractivity contribution is -0.144. The van der Waals surface area contributed by atoms with E-state index in [4.69, 9.17) is 15.6 Å². The molecule has 0 aromatic heterocycles. The van der Waals surface area contributed by atoms with Gasteiger partial charge in [-0.1, -0.05) is 0 Å². The predicted molar refractivity (Wildman–Crippen MR) is 61.3 cm³/mol. The Morgan fingerprint density at radius 2 is 2.19 bits per heavy atom. The van der Waals surface area contributed by atoms with E-state index in [0.29, 0.717) is 18.9 Å². The van der Waals surface area contributed by atoms with Crippen LogP contribution in [0.2, 0.25) is 0 Å². The highest BCUT2D eigenvalue weighted by Gasteiger charge is 2.28. The molecule has 0 bridgehead atoms. The molecule has 0 aromatic rings. The number of carbonyl (C=O) groups is 1. The van der Waals surface area contributed by atoms with Crippen LogP contribution in [-0.2, 0) is 9.53 Å². The molecule has 0 aromatic carbocycles. The second-order valence-electron chi connectivity index (χ2n) is 4.37. The van der Waals surface area contributed by atoms with Crippen LogP contribution in [0.5, 0.6) is 0 Å². The van der Waals surface area contributed by atoms with Gasteiger partial charge in [0.2, 0.25) is 0 Å². The van der Waals surface area contributed by atoms with Crippen molar-refractivity contribution < 1.29 is 14.6 Å². The van der Waals surface area contributed by atoms with Gasteiger partial charge in [-0.05, 0) is 44.8 Å². The Morgan fingerprint density at radius 3 is 2.62 bits per heavy atom. The molecule has 0 amide bonds. The number of hydrogen-bond donors (Lipinski definition) is 2. The molecule has 0 spiro atoms. The van der Waals surface area contributed by atoms with Gasteiger partial charge in [-0.25, -0.2) is 0 Å². The van der Waals surface area contributed by atoms with E-state index >= 15 is 0 Å². The first kappa shape index (κ1) is 13.4. The fraction of sp³-hybridized carbons (Fsp3) is 0.909. The van der Waals surface area contributed by atoms with Gasteiger partial charge in [-0.2, -0.15) is 0 Å². The van der Waals surface area contributed by atoms with Gasteiger partial charge in [0.1, 0.15) is 6.04 Å². The van der Waals surface area contributed by atoms with Crippen molar-refractivity contribution >= 4 is 5.97 Å². The Kier molecular flexibility index (Phi) is 5.73. The number of nitrogens with two attached hydrogens (primary N) is 1. The van der Waals surface area contributed by atoms with Crippen molar-refractivity contribution in [1.29, 1.82) is 0 Å². The summed E-state index contributed by atoms with van der Waals surface area (Å²) in [5.74, 6) is -0.177. The van der Waals surface area contributed by atoms with E-state index in [9.17, 15) is 4.79 Å². The average molecular weight is 230 g/mol. The maximum absolute atomic E-state index is 11.1. The minimum atomic E-state index is -0.754. The molecule has 5 heteroatoms. The molecule has 1 rings (SSSR count). The van der Waals surface area contributed by atoms with E-state index < -0.39 is 12.0 Å². The molecule has 5 nitrogen and oxygen atoms in total. The Labute approximate surface area is 96.6 Å². The van der Waals surface area contributed by atoms with Crippen LogP contribution < -0.4 is 5.73 Å². The zero-order chi connectivity index (χ0) is 12.0. The van der Waals surface area contributed by atoms with Gasteiger partial charge in [0.05, 0.1) is 0 Å². The smallest absolute Gasteiger partial charge is 0.320 e. The van der Waals surface area contributed by atoms with Crippen molar-refractivity contribution in [2.75, 3.05) is 33.4 Å². The summed E-state index contributed by atoms with van der Waals surface area (Å²) >= 11 is 0. The van der Waals surface area contributed by atoms with Crippen molar-refractivity contribution in [3.8, 4) is 0 Å². The van der Waals surface area contributed by atoms with Crippen LogP contribution in [0.3, 0.4) is 0 Å². The largest absolute Gasteiger partial charge is 0.480 e. The summed E-state index contributed by atoms with van der Waals surface area (Å²) in [6.07, 6.45) is 2.56. The number of ether oxygens (including phenoxy) is 1. The molecule has 1 atom stereocenters. The summed E-state index contributed by atoms with van der Waals surface area (Å²) in [5, 5.41) is 9.10. The molecule has 3 N–H and O–H groups in total. The van der Waals surface area contributed by atoms with Crippen LogP contribution in [0.4, 0.5) is 0 Å². The monoisotopic (exact) mass is 230 g/mol. The zero-order valence-electron chi connectivity index (χ0n) is 9.89. The number of carboxylic acids is 1. The molecule has 0 saturated carbocycles. The lowest BCUT2D eigenvalue weighted by Crippen LogP contribution is -2.47. The summed E-state index contributed by atoms with van der Waals surface area (Å²) in [6.45, 7) is 2.88. The predicted octanol–water partition coefficient (Wildman–Crippen LogP) is 0.147. The van der Waals surface area contributed by atoms with Crippen molar-refractivity contribution in [2.24, 2.45) is 11.7 Å². The van der Waals surface area contributed by atoms with Gasteiger partial charge < -0.3 is 15.6 Å². The standard InChI is InChI=1S/C11H22N2O3/c1-16-8-9-3-6-13(7-4-9)10(2-5-12)11(14)15/h9-10H,2-8,12H2,1H3,(H,14,15). The van der Waals surface area contributed by atoms with Crippen molar-refractivity contribution in [2.45, 2.75) is 25.3 Å². The number of methoxy groups -OCH3 is 1. The van der Waals surface area contributed by atoms with E-state index in [1.54, 1.807) is 7.11 Å². The number of carboxylic acid groups (broad SMARTS) is 1. The SMILES string of the molecule is COCC1CCN(C(CCN)C(=O)O)CC1. The lowest BCUT2D eigenvalue weighted by Gasteiger charge is -2.35. The van der Waals surface area contributed by atoms with E-state index in [2.05, 4.69) is 0 Å². The molecule has 1 aliphatic heterocycles. The minimum absolute atomic E-state index is 0.409. The molecule has 1 heterocycles. The molecular weight excluding hydrogens is 208 g/mol. The van der Waals surface area contributed by atoms with Crippen LogP contribution >= 0.6 is 0 Å². The lowest BCUT2D eigenvalue weighted by atomic mass is 9.96. The zero-order valence-corrected chi connectivity index (χ0v) is 9.89. The summed E-state index contributed by atoms with van der Waals surface area (Å²) in [5.41, 5.74) is 5.44. The number of aliphatic carboxylic acids is 1. The number of hydrogen-bond acceptors (Lipinski definition) is 4. The summed E-state index contributed by atoms with van der Waals surface area (Å²) in [7, 11) is 1.71. The van der Waals surface area contributed by atoms with Gasteiger partial charge in [-0.3, -0.25) is 9.69 Å². The third-order valence-corrected chi connectivity index (χ3v) is 3.22. The molecule has 0 radical (unpaired) electrons. The highest BCUT2D eigenvalue weighted by atomic mass is 16.5. The normalized spacial score (nSPS) is 20.9. The Hall–Kier alpha value is -0.650.